The van der Waals surface area contributed by atoms with E-state index in [0.29, 0.717) is 6.42 Å². The molecule has 9 heavy (non-hydrogen) atoms. The molecule has 0 aliphatic rings. The molecular formula is C8H14O. The minimum absolute atomic E-state index is 0.400. The molecule has 0 aliphatic carbocycles. The highest BCUT2D eigenvalue weighted by Gasteiger charge is 2.02. The lowest BCUT2D eigenvalue weighted by molar-refractivity contribution is 0.212. The Morgan fingerprint density at radius 3 is 2.00 bits per heavy atom. The summed E-state index contributed by atoms with van der Waals surface area (Å²) < 4.78 is 0. The van der Waals surface area contributed by atoms with Crippen molar-refractivity contribution in [3.05, 3.63) is 24.3 Å². The molecule has 0 aliphatic heterocycles. The Bertz CT molecular complexity index is 125. The summed E-state index contributed by atoms with van der Waals surface area (Å²) >= 11 is 0. The van der Waals surface area contributed by atoms with Crippen LogP contribution in [0.4, 0.5) is 0 Å². The Hall–Kier alpha value is -0.560. The van der Waals surface area contributed by atoms with Crippen LogP contribution in [-0.2, 0) is 0 Å². The van der Waals surface area contributed by atoms with Crippen LogP contribution in [0.15, 0.2) is 24.3 Å². The molecule has 1 heteroatoms. The van der Waals surface area contributed by atoms with E-state index in [1.54, 1.807) is 0 Å². The van der Waals surface area contributed by atoms with Crippen LogP contribution in [0.25, 0.3) is 0 Å². The SMILES string of the molecule is C=C(C)CC(O)C(=C)C. The summed E-state index contributed by atoms with van der Waals surface area (Å²) in [6.45, 7) is 11.0. The predicted octanol–water partition coefficient (Wildman–Crippen LogP) is 1.89. The topological polar surface area (TPSA) is 20.2 Å². The Labute approximate surface area is 56.7 Å². The highest BCUT2D eigenvalue weighted by Crippen LogP contribution is 2.07. The molecule has 0 rings (SSSR count). The second-order valence-electron chi connectivity index (χ2n) is 2.52. The van der Waals surface area contributed by atoms with Crippen LogP contribution >= 0.6 is 0 Å². The smallest absolute Gasteiger partial charge is 0.0781 e. The third-order valence-electron chi connectivity index (χ3n) is 1.11. The minimum Gasteiger partial charge on any atom is -0.388 e. The maximum atomic E-state index is 9.14. The normalized spacial score (nSPS) is 12.8. The summed E-state index contributed by atoms with van der Waals surface area (Å²) in [5, 5.41) is 9.14. The fourth-order valence-corrected chi connectivity index (χ4v) is 0.504. The third kappa shape index (κ3) is 3.98. The van der Waals surface area contributed by atoms with Crippen LogP contribution in [0.5, 0.6) is 0 Å². The van der Waals surface area contributed by atoms with Crippen molar-refractivity contribution in [1.82, 2.24) is 0 Å². The molecule has 0 fully saturated rings. The Balaban J connectivity index is 3.63. The zero-order valence-electron chi connectivity index (χ0n) is 6.15. The largest absolute Gasteiger partial charge is 0.388 e. The van der Waals surface area contributed by atoms with Gasteiger partial charge in [0.2, 0.25) is 0 Å². The molecule has 0 aromatic carbocycles. The second-order valence-corrected chi connectivity index (χ2v) is 2.52. The van der Waals surface area contributed by atoms with Crippen molar-refractivity contribution in [2.45, 2.75) is 26.4 Å². The third-order valence-corrected chi connectivity index (χ3v) is 1.11. The lowest BCUT2D eigenvalue weighted by Crippen LogP contribution is -2.06. The Kier molecular flexibility index (Phi) is 3.25. The van der Waals surface area contributed by atoms with E-state index in [1.165, 1.54) is 0 Å². The van der Waals surface area contributed by atoms with E-state index in [2.05, 4.69) is 13.2 Å². The molecule has 0 aromatic heterocycles. The average molecular weight is 126 g/mol. The first-order valence-corrected chi connectivity index (χ1v) is 3.02. The lowest BCUT2D eigenvalue weighted by Gasteiger charge is -2.08. The van der Waals surface area contributed by atoms with Gasteiger partial charge in [0.15, 0.2) is 0 Å². The molecule has 0 heterocycles. The summed E-state index contributed by atoms with van der Waals surface area (Å²) in [4.78, 5) is 0. The predicted molar refractivity (Wildman–Crippen MR) is 40.3 cm³/mol. The molecule has 0 amide bonds. The molecule has 1 unspecified atom stereocenters. The van der Waals surface area contributed by atoms with Gasteiger partial charge < -0.3 is 5.11 Å². The highest BCUT2D eigenvalue weighted by atomic mass is 16.3. The number of hydrogen-bond acceptors (Lipinski definition) is 1. The zero-order chi connectivity index (χ0) is 7.44. The number of aliphatic hydroxyl groups is 1. The molecule has 0 spiro atoms. The van der Waals surface area contributed by atoms with Crippen molar-refractivity contribution in [1.29, 1.82) is 0 Å². The molecule has 52 valence electrons. The first kappa shape index (κ1) is 8.44. The molecule has 1 N–H and O–H groups in total. The van der Waals surface area contributed by atoms with E-state index in [4.69, 9.17) is 5.11 Å². The fourth-order valence-electron chi connectivity index (χ4n) is 0.504. The molecule has 0 bridgehead atoms. The van der Waals surface area contributed by atoms with E-state index in [9.17, 15) is 0 Å². The highest BCUT2D eigenvalue weighted by molar-refractivity contribution is 5.03. The minimum atomic E-state index is -0.400. The van der Waals surface area contributed by atoms with E-state index in [-0.39, 0.29) is 0 Å². The van der Waals surface area contributed by atoms with Crippen molar-refractivity contribution in [3.63, 3.8) is 0 Å². The molecule has 0 radical (unpaired) electrons. The number of hydrogen-bond donors (Lipinski definition) is 1. The standard InChI is InChI=1S/C8H14O/c1-6(2)5-8(9)7(3)4/h8-9H,1,3,5H2,2,4H3. The summed E-state index contributed by atoms with van der Waals surface area (Å²) in [6, 6.07) is 0. The average Bonchev–Trinajstić information content (AvgIpc) is 1.63. The Morgan fingerprint density at radius 1 is 1.44 bits per heavy atom. The maximum Gasteiger partial charge on any atom is 0.0781 e. The quantitative estimate of drug-likeness (QED) is 0.572. The van der Waals surface area contributed by atoms with E-state index >= 15 is 0 Å². The van der Waals surface area contributed by atoms with Crippen LogP contribution < -0.4 is 0 Å². The van der Waals surface area contributed by atoms with Crippen LogP contribution in [-0.4, -0.2) is 11.2 Å². The van der Waals surface area contributed by atoms with Crippen molar-refractivity contribution in [2.24, 2.45) is 0 Å². The van der Waals surface area contributed by atoms with Crippen molar-refractivity contribution in [3.8, 4) is 0 Å². The molecular weight excluding hydrogens is 112 g/mol. The van der Waals surface area contributed by atoms with Crippen molar-refractivity contribution < 1.29 is 5.11 Å². The van der Waals surface area contributed by atoms with E-state index in [0.717, 1.165) is 11.1 Å². The number of aliphatic hydroxyl groups excluding tert-OH is 1. The fraction of sp³-hybridized carbons (Fsp3) is 0.500. The van der Waals surface area contributed by atoms with E-state index in [1.807, 2.05) is 13.8 Å². The van der Waals surface area contributed by atoms with Gasteiger partial charge >= 0.3 is 0 Å². The Morgan fingerprint density at radius 2 is 1.89 bits per heavy atom. The molecule has 0 saturated carbocycles. The molecule has 1 atom stereocenters. The zero-order valence-corrected chi connectivity index (χ0v) is 6.15. The summed E-state index contributed by atoms with van der Waals surface area (Å²) in [7, 11) is 0. The van der Waals surface area contributed by atoms with Gasteiger partial charge in [-0.2, -0.15) is 0 Å². The van der Waals surface area contributed by atoms with Gasteiger partial charge in [0.05, 0.1) is 6.10 Å². The van der Waals surface area contributed by atoms with Gasteiger partial charge in [0, 0.05) is 0 Å². The van der Waals surface area contributed by atoms with Crippen LogP contribution in [0, 0.1) is 0 Å². The first-order chi connectivity index (χ1) is 4.04. The second kappa shape index (κ2) is 3.46. The summed E-state index contributed by atoms with van der Waals surface area (Å²) in [6.07, 6.45) is 0.234. The monoisotopic (exact) mass is 126 g/mol. The molecule has 0 aromatic rings. The van der Waals surface area contributed by atoms with Gasteiger partial charge in [-0.05, 0) is 20.3 Å². The molecule has 1 nitrogen and oxygen atoms in total. The van der Waals surface area contributed by atoms with Gasteiger partial charge in [0.25, 0.3) is 0 Å². The lowest BCUT2D eigenvalue weighted by atomic mass is 10.1. The maximum absolute atomic E-state index is 9.14. The van der Waals surface area contributed by atoms with Crippen LogP contribution in [0.1, 0.15) is 20.3 Å². The van der Waals surface area contributed by atoms with Gasteiger partial charge in [-0.1, -0.05) is 17.7 Å². The van der Waals surface area contributed by atoms with Gasteiger partial charge in [-0.15, -0.1) is 6.58 Å². The van der Waals surface area contributed by atoms with Gasteiger partial charge in [-0.25, -0.2) is 0 Å². The van der Waals surface area contributed by atoms with Crippen molar-refractivity contribution in [2.75, 3.05) is 0 Å². The van der Waals surface area contributed by atoms with Crippen LogP contribution in [0.3, 0.4) is 0 Å². The summed E-state index contributed by atoms with van der Waals surface area (Å²) in [5.74, 6) is 0. The van der Waals surface area contributed by atoms with Gasteiger partial charge in [0.1, 0.15) is 0 Å². The van der Waals surface area contributed by atoms with Gasteiger partial charge in [-0.3, -0.25) is 0 Å². The number of rotatable bonds is 3. The van der Waals surface area contributed by atoms with Crippen molar-refractivity contribution >= 4 is 0 Å². The summed E-state index contributed by atoms with van der Waals surface area (Å²) in [5.41, 5.74) is 1.79. The van der Waals surface area contributed by atoms with Crippen LogP contribution in [0.2, 0.25) is 0 Å². The molecule has 0 saturated heterocycles. The van der Waals surface area contributed by atoms with E-state index < -0.39 is 6.10 Å². The first-order valence-electron chi connectivity index (χ1n) is 3.02.